The van der Waals surface area contributed by atoms with Crippen molar-refractivity contribution < 1.29 is 14.3 Å². The van der Waals surface area contributed by atoms with Crippen molar-refractivity contribution in [3.05, 3.63) is 62.4 Å². The first-order valence-corrected chi connectivity index (χ1v) is 9.32. The quantitative estimate of drug-likeness (QED) is 0.771. The minimum atomic E-state index is -0.765. The third kappa shape index (κ3) is 4.05. The van der Waals surface area contributed by atoms with E-state index in [2.05, 4.69) is 10.3 Å². The van der Waals surface area contributed by atoms with Gasteiger partial charge in [0.25, 0.3) is 0 Å². The Balaban J connectivity index is 2.01. The largest absolute Gasteiger partial charge is 0.513 e. The van der Waals surface area contributed by atoms with Crippen LogP contribution in [0.15, 0.2) is 46.1 Å². The molecule has 26 heavy (non-hydrogen) atoms. The third-order valence-electron chi connectivity index (χ3n) is 3.66. The topological polar surface area (TPSA) is 72.8 Å². The van der Waals surface area contributed by atoms with Crippen LogP contribution < -0.4 is 5.32 Å². The molecule has 8 heteroatoms. The number of hydrogen-bond donors (Lipinski definition) is 1. The Morgan fingerprint density at radius 2 is 2.19 bits per heavy atom. The second-order valence-electron chi connectivity index (χ2n) is 5.59. The van der Waals surface area contributed by atoms with Crippen LogP contribution >= 0.6 is 22.9 Å². The van der Waals surface area contributed by atoms with Crippen molar-refractivity contribution in [2.45, 2.75) is 26.8 Å². The zero-order valence-electron chi connectivity index (χ0n) is 14.6. The van der Waals surface area contributed by atoms with Gasteiger partial charge in [0.2, 0.25) is 0 Å². The summed E-state index contributed by atoms with van der Waals surface area (Å²) in [6.45, 7) is 5.70. The van der Waals surface area contributed by atoms with Crippen molar-refractivity contribution in [1.29, 1.82) is 0 Å². The zero-order chi connectivity index (χ0) is 18.7. The van der Waals surface area contributed by atoms with Gasteiger partial charge in [0.1, 0.15) is 11.7 Å². The standard InChI is InChI=1S/C18H18ClN3O3S/c1-4-24-18(23)25-16-10(2)20-17(14-9-26-11(3)21-14)22-15(16)12-6-5-7-13(19)8-12/h5-9,15H,4H2,1-3H3,(H,20,22). The molecule has 6 nitrogen and oxygen atoms in total. The van der Waals surface area contributed by atoms with Gasteiger partial charge in [0.05, 0.1) is 17.3 Å². The van der Waals surface area contributed by atoms with Crippen LogP contribution in [0.25, 0.3) is 0 Å². The van der Waals surface area contributed by atoms with Crippen molar-refractivity contribution >= 4 is 34.9 Å². The summed E-state index contributed by atoms with van der Waals surface area (Å²) in [6, 6.07) is 6.77. The predicted molar refractivity (Wildman–Crippen MR) is 102 cm³/mol. The molecule has 1 aliphatic heterocycles. The molecule has 0 radical (unpaired) electrons. The van der Waals surface area contributed by atoms with Gasteiger partial charge in [0, 0.05) is 10.4 Å². The highest BCUT2D eigenvalue weighted by Crippen LogP contribution is 2.33. The molecule has 1 unspecified atom stereocenters. The van der Waals surface area contributed by atoms with E-state index in [0.717, 1.165) is 16.3 Å². The Morgan fingerprint density at radius 3 is 2.85 bits per heavy atom. The lowest BCUT2D eigenvalue weighted by Gasteiger charge is -2.25. The van der Waals surface area contributed by atoms with E-state index in [-0.39, 0.29) is 6.61 Å². The van der Waals surface area contributed by atoms with Gasteiger partial charge >= 0.3 is 6.16 Å². The fraction of sp³-hybridized carbons (Fsp3) is 0.278. The van der Waals surface area contributed by atoms with E-state index in [1.165, 1.54) is 0 Å². The highest BCUT2D eigenvalue weighted by molar-refractivity contribution is 7.09. The zero-order valence-corrected chi connectivity index (χ0v) is 16.1. The molecule has 0 aliphatic carbocycles. The smallest absolute Gasteiger partial charge is 0.434 e. The van der Waals surface area contributed by atoms with E-state index in [9.17, 15) is 4.79 Å². The summed E-state index contributed by atoms with van der Waals surface area (Å²) < 4.78 is 10.3. The number of carbonyl (C=O) groups is 1. The lowest BCUT2D eigenvalue weighted by atomic mass is 10.0. The van der Waals surface area contributed by atoms with E-state index in [0.29, 0.717) is 22.3 Å². The highest BCUT2D eigenvalue weighted by Gasteiger charge is 2.29. The molecule has 136 valence electrons. The number of halogens is 1. The summed E-state index contributed by atoms with van der Waals surface area (Å²) in [5.41, 5.74) is 2.22. The van der Waals surface area contributed by atoms with E-state index in [1.807, 2.05) is 31.4 Å². The fourth-order valence-corrected chi connectivity index (χ4v) is 3.33. The molecule has 0 spiro atoms. The Morgan fingerprint density at radius 1 is 1.38 bits per heavy atom. The second-order valence-corrected chi connectivity index (χ2v) is 7.09. The maximum Gasteiger partial charge on any atom is 0.513 e. The van der Waals surface area contributed by atoms with Crippen molar-refractivity contribution in [2.75, 3.05) is 6.61 Å². The molecule has 0 amide bonds. The first-order valence-electron chi connectivity index (χ1n) is 8.06. The molecule has 0 bridgehead atoms. The van der Waals surface area contributed by atoms with Gasteiger partial charge in [-0.2, -0.15) is 0 Å². The normalized spacial score (nSPS) is 16.8. The van der Waals surface area contributed by atoms with E-state index >= 15 is 0 Å². The summed E-state index contributed by atoms with van der Waals surface area (Å²) in [7, 11) is 0. The number of aromatic nitrogens is 1. The number of allylic oxidation sites excluding steroid dienone is 1. The Labute approximate surface area is 160 Å². The number of carbonyl (C=O) groups excluding carboxylic acids is 1. The molecule has 1 atom stereocenters. The van der Waals surface area contributed by atoms with Crippen LogP contribution in [0, 0.1) is 6.92 Å². The molecular weight excluding hydrogens is 374 g/mol. The van der Waals surface area contributed by atoms with Crippen LogP contribution in [0.3, 0.4) is 0 Å². The molecule has 1 aromatic heterocycles. The van der Waals surface area contributed by atoms with Crippen LogP contribution in [0.2, 0.25) is 5.02 Å². The average Bonchev–Trinajstić information content (AvgIpc) is 3.03. The third-order valence-corrected chi connectivity index (χ3v) is 4.67. The number of nitrogens with zero attached hydrogens (tertiary/aromatic N) is 2. The van der Waals surface area contributed by atoms with Crippen LogP contribution in [-0.2, 0) is 9.47 Å². The van der Waals surface area contributed by atoms with Crippen LogP contribution in [-0.4, -0.2) is 23.6 Å². The molecular formula is C18H18ClN3O3S. The second kappa shape index (κ2) is 7.88. The van der Waals surface area contributed by atoms with Gasteiger partial charge in [-0.15, -0.1) is 11.3 Å². The summed E-state index contributed by atoms with van der Waals surface area (Å²) in [5, 5.41) is 6.62. The molecule has 0 saturated heterocycles. The van der Waals surface area contributed by atoms with Crippen molar-refractivity contribution in [3.8, 4) is 0 Å². The lowest BCUT2D eigenvalue weighted by Crippen LogP contribution is -2.31. The summed E-state index contributed by atoms with van der Waals surface area (Å²) in [5.74, 6) is 0.995. The minimum absolute atomic E-state index is 0.229. The van der Waals surface area contributed by atoms with Gasteiger partial charge < -0.3 is 14.8 Å². The molecule has 2 heterocycles. The van der Waals surface area contributed by atoms with E-state index < -0.39 is 12.2 Å². The first-order chi connectivity index (χ1) is 12.5. The van der Waals surface area contributed by atoms with Crippen LogP contribution in [0.1, 0.15) is 36.2 Å². The van der Waals surface area contributed by atoms with Gasteiger partial charge in [-0.05, 0) is 38.5 Å². The number of thiazole rings is 1. The SMILES string of the molecule is CCOC(=O)OC1=C(C)NC(c2csc(C)n2)=NC1c1cccc(Cl)c1. The maximum atomic E-state index is 11.9. The van der Waals surface area contributed by atoms with Crippen molar-refractivity contribution in [2.24, 2.45) is 4.99 Å². The summed E-state index contributed by atoms with van der Waals surface area (Å²) in [4.78, 5) is 21.1. The van der Waals surface area contributed by atoms with Crippen LogP contribution in [0.5, 0.6) is 0 Å². The number of amidine groups is 1. The average molecular weight is 392 g/mol. The lowest BCUT2D eigenvalue weighted by molar-refractivity contribution is 0.0763. The Bertz CT molecular complexity index is 891. The molecule has 1 N–H and O–H groups in total. The number of benzene rings is 1. The van der Waals surface area contributed by atoms with Gasteiger partial charge in [-0.3, -0.25) is 0 Å². The van der Waals surface area contributed by atoms with E-state index in [4.69, 9.17) is 26.1 Å². The maximum absolute atomic E-state index is 11.9. The molecule has 2 aromatic rings. The predicted octanol–water partition coefficient (Wildman–Crippen LogP) is 4.60. The number of aliphatic imine (C=N–C) groups is 1. The molecule has 0 saturated carbocycles. The molecule has 3 rings (SSSR count). The first kappa shape index (κ1) is 18.4. The van der Waals surface area contributed by atoms with Gasteiger partial charge in [-0.1, -0.05) is 23.7 Å². The molecule has 1 aromatic carbocycles. The molecule has 1 aliphatic rings. The highest BCUT2D eigenvalue weighted by atomic mass is 35.5. The Hall–Kier alpha value is -2.38. The van der Waals surface area contributed by atoms with Gasteiger partial charge in [-0.25, -0.2) is 14.8 Å². The van der Waals surface area contributed by atoms with Crippen LogP contribution in [0.4, 0.5) is 4.79 Å². The molecule has 0 fully saturated rings. The van der Waals surface area contributed by atoms with Crippen molar-refractivity contribution in [3.63, 3.8) is 0 Å². The fourth-order valence-electron chi connectivity index (χ4n) is 2.54. The van der Waals surface area contributed by atoms with E-state index in [1.54, 1.807) is 30.4 Å². The number of aryl methyl sites for hydroxylation is 1. The number of ether oxygens (including phenoxy) is 2. The summed E-state index contributed by atoms with van der Waals surface area (Å²) >= 11 is 7.68. The number of rotatable bonds is 4. The Kier molecular flexibility index (Phi) is 5.58. The van der Waals surface area contributed by atoms with Crippen molar-refractivity contribution in [1.82, 2.24) is 10.3 Å². The summed E-state index contributed by atoms with van der Waals surface area (Å²) in [6.07, 6.45) is -0.765. The van der Waals surface area contributed by atoms with Gasteiger partial charge in [0.15, 0.2) is 11.6 Å². The number of hydrogen-bond acceptors (Lipinski definition) is 7. The minimum Gasteiger partial charge on any atom is -0.434 e. The number of nitrogens with one attached hydrogen (secondary N) is 1. The monoisotopic (exact) mass is 391 g/mol.